The van der Waals surface area contributed by atoms with E-state index in [1.54, 1.807) is 0 Å². The van der Waals surface area contributed by atoms with Crippen LogP contribution in [-0.4, -0.2) is 68.5 Å². The van der Waals surface area contributed by atoms with Gasteiger partial charge in [0, 0.05) is 44.8 Å². The predicted octanol–water partition coefficient (Wildman–Crippen LogP) is 1.37. The molecule has 1 aliphatic heterocycles. The van der Waals surface area contributed by atoms with Crippen molar-refractivity contribution in [1.29, 1.82) is 0 Å². The van der Waals surface area contributed by atoms with Crippen LogP contribution in [0.15, 0.2) is 30.3 Å². The number of nitrogens with zero attached hydrogens (tertiary/aromatic N) is 5. The average Bonchev–Trinajstić information content (AvgIpc) is 2.99. The molecule has 1 unspecified atom stereocenters. The van der Waals surface area contributed by atoms with E-state index in [4.69, 9.17) is 0 Å². The van der Waals surface area contributed by atoms with Crippen molar-refractivity contribution >= 4 is 0 Å². The summed E-state index contributed by atoms with van der Waals surface area (Å²) in [5.74, 6) is 1.91. The van der Waals surface area contributed by atoms with Crippen molar-refractivity contribution in [2.24, 2.45) is 7.05 Å². The smallest absolute Gasteiger partial charge is 0.163 e. The van der Waals surface area contributed by atoms with Gasteiger partial charge in [0.25, 0.3) is 0 Å². The van der Waals surface area contributed by atoms with E-state index in [0.717, 1.165) is 56.4 Å². The SMILES string of the molecule is CCC(CO)N1CCN(Cc2nnc(-c3ccccc3)n2C)CC1. The second kappa shape index (κ2) is 7.88. The first-order chi connectivity index (χ1) is 11.7. The van der Waals surface area contributed by atoms with Crippen LogP contribution in [0.3, 0.4) is 0 Å². The molecule has 1 atom stereocenters. The molecule has 2 heterocycles. The van der Waals surface area contributed by atoms with Crippen LogP contribution in [0.25, 0.3) is 11.4 Å². The van der Waals surface area contributed by atoms with Gasteiger partial charge in [-0.25, -0.2) is 0 Å². The topological polar surface area (TPSA) is 57.4 Å². The van der Waals surface area contributed by atoms with E-state index in [1.807, 2.05) is 25.2 Å². The van der Waals surface area contributed by atoms with E-state index in [1.165, 1.54) is 0 Å². The zero-order chi connectivity index (χ0) is 16.9. The van der Waals surface area contributed by atoms with Gasteiger partial charge in [-0.2, -0.15) is 0 Å². The van der Waals surface area contributed by atoms with Crippen LogP contribution in [0.4, 0.5) is 0 Å². The molecule has 3 rings (SSSR count). The molecule has 0 radical (unpaired) electrons. The molecule has 1 N–H and O–H groups in total. The third-order valence-electron chi connectivity index (χ3n) is 4.97. The molecular weight excluding hydrogens is 302 g/mol. The third-order valence-corrected chi connectivity index (χ3v) is 4.97. The van der Waals surface area contributed by atoms with Crippen LogP contribution in [0.5, 0.6) is 0 Å². The lowest BCUT2D eigenvalue weighted by atomic mass is 10.1. The fourth-order valence-corrected chi connectivity index (χ4v) is 3.33. The molecular formula is C18H27N5O. The number of aliphatic hydroxyl groups is 1. The maximum atomic E-state index is 9.45. The number of benzene rings is 1. The summed E-state index contributed by atoms with van der Waals surface area (Å²) in [6.45, 7) is 7.22. The Balaban J connectivity index is 1.61. The molecule has 1 aromatic heterocycles. The lowest BCUT2D eigenvalue weighted by Crippen LogP contribution is -2.51. The summed E-state index contributed by atoms with van der Waals surface area (Å²) >= 11 is 0. The van der Waals surface area contributed by atoms with Crippen molar-refractivity contribution in [3.05, 3.63) is 36.2 Å². The Kier molecular flexibility index (Phi) is 5.60. The van der Waals surface area contributed by atoms with Crippen molar-refractivity contribution in [3.63, 3.8) is 0 Å². The summed E-state index contributed by atoms with van der Waals surface area (Å²) in [5, 5.41) is 18.2. The Bertz CT molecular complexity index is 630. The maximum Gasteiger partial charge on any atom is 0.163 e. The fourth-order valence-electron chi connectivity index (χ4n) is 3.33. The first kappa shape index (κ1) is 17.1. The van der Waals surface area contributed by atoms with E-state index in [9.17, 15) is 5.11 Å². The number of hydrogen-bond acceptors (Lipinski definition) is 5. The zero-order valence-electron chi connectivity index (χ0n) is 14.6. The van der Waals surface area contributed by atoms with E-state index in [2.05, 4.69) is 43.6 Å². The number of rotatable bonds is 6. The molecule has 0 spiro atoms. The molecule has 1 saturated heterocycles. The molecule has 0 amide bonds. The molecule has 6 nitrogen and oxygen atoms in total. The lowest BCUT2D eigenvalue weighted by Gasteiger charge is -2.38. The fraction of sp³-hybridized carbons (Fsp3) is 0.556. The zero-order valence-corrected chi connectivity index (χ0v) is 14.6. The van der Waals surface area contributed by atoms with Crippen LogP contribution in [0, 0.1) is 0 Å². The highest BCUT2D eigenvalue weighted by Gasteiger charge is 2.23. The summed E-state index contributed by atoms with van der Waals surface area (Å²) in [7, 11) is 2.03. The van der Waals surface area contributed by atoms with Crippen molar-refractivity contribution in [2.45, 2.75) is 25.9 Å². The van der Waals surface area contributed by atoms with Crippen LogP contribution in [-0.2, 0) is 13.6 Å². The van der Waals surface area contributed by atoms with Gasteiger partial charge in [-0.15, -0.1) is 10.2 Å². The monoisotopic (exact) mass is 329 g/mol. The van der Waals surface area contributed by atoms with Gasteiger partial charge < -0.3 is 9.67 Å². The first-order valence-corrected chi connectivity index (χ1v) is 8.74. The van der Waals surface area contributed by atoms with Gasteiger partial charge in [-0.05, 0) is 6.42 Å². The Morgan fingerprint density at radius 1 is 1.08 bits per heavy atom. The van der Waals surface area contributed by atoms with E-state index in [-0.39, 0.29) is 6.61 Å². The Labute approximate surface area is 143 Å². The average molecular weight is 329 g/mol. The van der Waals surface area contributed by atoms with Crippen molar-refractivity contribution in [3.8, 4) is 11.4 Å². The molecule has 24 heavy (non-hydrogen) atoms. The van der Waals surface area contributed by atoms with Gasteiger partial charge in [0.2, 0.25) is 0 Å². The molecule has 130 valence electrons. The number of piperazine rings is 1. The van der Waals surface area contributed by atoms with Gasteiger partial charge >= 0.3 is 0 Å². The van der Waals surface area contributed by atoms with Crippen molar-refractivity contribution in [1.82, 2.24) is 24.6 Å². The molecule has 2 aromatic rings. The minimum Gasteiger partial charge on any atom is -0.395 e. The summed E-state index contributed by atoms with van der Waals surface area (Å²) in [6, 6.07) is 10.5. The van der Waals surface area contributed by atoms with Crippen LogP contribution >= 0.6 is 0 Å². The van der Waals surface area contributed by atoms with Crippen molar-refractivity contribution < 1.29 is 5.11 Å². The van der Waals surface area contributed by atoms with E-state index >= 15 is 0 Å². The molecule has 0 saturated carbocycles. The summed E-state index contributed by atoms with van der Waals surface area (Å²) in [6.07, 6.45) is 1.00. The standard InChI is InChI=1S/C18H27N5O/c1-3-16(14-24)23-11-9-22(10-12-23)13-17-19-20-18(21(17)2)15-7-5-4-6-8-15/h4-8,16,24H,3,9-14H2,1-2H3. The normalized spacial score (nSPS) is 18.0. The largest absolute Gasteiger partial charge is 0.395 e. The Hall–Kier alpha value is -1.76. The van der Waals surface area contributed by atoms with E-state index in [0.29, 0.717) is 6.04 Å². The molecule has 6 heteroatoms. The number of hydrogen-bond donors (Lipinski definition) is 1. The predicted molar refractivity (Wildman–Crippen MR) is 94.5 cm³/mol. The van der Waals surface area contributed by atoms with E-state index < -0.39 is 0 Å². The van der Waals surface area contributed by atoms with Crippen molar-refractivity contribution in [2.75, 3.05) is 32.8 Å². The van der Waals surface area contributed by atoms with Gasteiger partial charge in [-0.3, -0.25) is 9.80 Å². The summed E-state index contributed by atoms with van der Waals surface area (Å²) < 4.78 is 2.09. The molecule has 0 aliphatic carbocycles. The van der Waals surface area contributed by atoms with Crippen LogP contribution in [0.2, 0.25) is 0 Å². The molecule has 1 fully saturated rings. The number of aliphatic hydroxyl groups excluding tert-OH is 1. The Morgan fingerprint density at radius 3 is 2.42 bits per heavy atom. The van der Waals surface area contributed by atoms with Gasteiger partial charge in [0.05, 0.1) is 13.2 Å². The maximum absolute atomic E-state index is 9.45. The molecule has 1 aromatic carbocycles. The first-order valence-electron chi connectivity index (χ1n) is 8.74. The highest BCUT2D eigenvalue weighted by Crippen LogP contribution is 2.18. The third kappa shape index (κ3) is 3.66. The Morgan fingerprint density at radius 2 is 1.79 bits per heavy atom. The number of aromatic nitrogens is 3. The minimum atomic E-state index is 0.250. The summed E-state index contributed by atoms with van der Waals surface area (Å²) in [4.78, 5) is 4.81. The quantitative estimate of drug-likeness (QED) is 0.867. The highest BCUT2D eigenvalue weighted by molar-refractivity contribution is 5.54. The second-order valence-electron chi connectivity index (χ2n) is 6.42. The van der Waals surface area contributed by atoms with Gasteiger partial charge in [0.15, 0.2) is 5.82 Å². The van der Waals surface area contributed by atoms with Gasteiger partial charge in [0.1, 0.15) is 5.82 Å². The lowest BCUT2D eigenvalue weighted by molar-refractivity contribution is 0.0595. The van der Waals surface area contributed by atoms with Gasteiger partial charge in [-0.1, -0.05) is 37.3 Å². The molecule has 0 bridgehead atoms. The molecule has 1 aliphatic rings. The highest BCUT2D eigenvalue weighted by atomic mass is 16.3. The second-order valence-corrected chi connectivity index (χ2v) is 6.42. The minimum absolute atomic E-state index is 0.250. The van der Waals surface area contributed by atoms with Crippen LogP contribution in [0.1, 0.15) is 19.2 Å². The summed E-state index contributed by atoms with van der Waals surface area (Å²) in [5.41, 5.74) is 1.09. The van der Waals surface area contributed by atoms with Crippen LogP contribution < -0.4 is 0 Å².